The summed E-state index contributed by atoms with van der Waals surface area (Å²) in [4.78, 5) is 11.9. The van der Waals surface area contributed by atoms with Gasteiger partial charge in [0, 0.05) is 18.7 Å². The Morgan fingerprint density at radius 3 is 2.29 bits per heavy atom. The van der Waals surface area contributed by atoms with Gasteiger partial charge in [0.05, 0.1) is 0 Å². The first-order valence-electron chi connectivity index (χ1n) is 8.39. The van der Waals surface area contributed by atoms with Gasteiger partial charge in [-0.05, 0) is 54.3 Å². The molecular formula is C20H25FN2O. The van der Waals surface area contributed by atoms with Crippen LogP contribution in [0.1, 0.15) is 37.3 Å². The lowest BCUT2D eigenvalue weighted by Crippen LogP contribution is -2.23. The van der Waals surface area contributed by atoms with Gasteiger partial charge in [-0.25, -0.2) is 4.39 Å². The van der Waals surface area contributed by atoms with E-state index in [1.807, 2.05) is 24.3 Å². The van der Waals surface area contributed by atoms with Crippen LogP contribution in [-0.2, 0) is 11.2 Å². The SMILES string of the molecule is CC(C)c1ccc(NC(=O)CCNCCc2ccc(F)cc2)cc1. The van der Waals surface area contributed by atoms with E-state index in [0.29, 0.717) is 18.9 Å². The molecule has 0 saturated heterocycles. The zero-order valence-corrected chi connectivity index (χ0v) is 14.3. The molecule has 0 aliphatic heterocycles. The van der Waals surface area contributed by atoms with Crippen molar-refractivity contribution in [2.24, 2.45) is 0 Å². The van der Waals surface area contributed by atoms with Gasteiger partial charge in [0.25, 0.3) is 0 Å². The van der Waals surface area contributed by atoms with Crippen LogP contribution in [0.2, 0.25) is 0 Å². The van der Waals surface area contributed by atoms with Gasteiger partial charge >= 0.3 is 0 Å². The summed E-state index contributed by atoms with van der Waals surface area (Å²) in [6.07, 6.45) is 1.24. The van der Waals surface area contributed by atoms with Gasteiger partial charge in [-0.2, -0.15) is 0 Å². The van der Waals surface area contributed by atoms with Crippen molar-refractivity contribution in [3.05, 3.63) is 65.5 Å². The molecule has 2 N–H and O–H groups in total. The Bertz CT molecular complexity index is 636. The lowest BCUT2D eigenvalue weighted by atomic mass is 10.0. The highest BCUT2D eigenvalue weighted by Crippen LogP contribution is 2.17. The molecule has 1 amide bonds. The third kappa shape index (κ3) is 6.13. The predicted octanol–water partition coefficient (Wildman–Crippen LogP) is 4.11. The van der Waals surface area contributed by atoms with E-state index < -0.39 is 0 Å². The zero-order chi connectivity index (χ0) is 17.4. The van der Waals surface area contributed by atoms with Crippen molar-refractivity contribution < 1.29 is 9.18 Å². The fraction of sp³-hybridized carbons (Fsp3) is 0.350. The Hall–Kier alpha value is -2.20. The minimum Gasteiger partial charge on any atom is -0.326 e. The van der Waals surface area contributed by atoms with Crippen molar-refractivity contribution >= 4 is 11.6 Å². The average Bonchev–Trinajstić information content (AvgIpc) is 2.56. The second-order valence-corrected chi connectivity index (χ2v) is 6.20. The smallest absolute Gasteiger partial charge is 0.225 e. The van der Waals surface area contributed by atoms with Crippen LogP contribution in [0.25, 0.3) is 0 Å². The Morgan fingerprint density at radius 1 is 1.00 bits per heavy atom. The second kappa shape index (κ2) is 9.18. The van der Waals surface area contributed by atoms with Crippen molar-refractivity contribution in [1.29, 1.82) is 0 Å². The number of anilines is 1. The fourth-order valence-corrected chi connectivity index (χ4v) is 2.39. The number of amides is 1. The highest BCUT2D eigenvalue weighted by Gasteiger charge is 2.03. The fourth-order valence-electron chi connectivity index (χ4n) is 2.39. The molecule has 2 rings (SSSR count). The summed E-state index contributed by atoms with van der Waals surface area (Å²) < 4.78 is 12.8. The summed E-state index contributed by atoms with van der Waals surface area (Å²) in [5.41, 5.74) is 3.17. The normalized spacial score (nSPS) is 10.8. The quantitative estimate of drug-likeness (QED) is 0.716. The van der Waals surface area contributed by atoms with Crippen LogP contribution in [0.15, 0.2) is 48.5 Å². The minimum absolute atomic E-state index is 0.00146. The van der Waals surface area contributed by atoms with Gasteiger partial charge in [-0.1, -0.05) is 38.1 Å². The standard InChI is InChI=1S/C20H25FN2O/c1-15(2)17-5-9-19(10-6-17)23-20(24)12-14-22-13-11-16-3-7-18(21)8-4-16/h3-10,15,22H,11-14H2,1-2H3,(H,23,24). The molecule has 0 radical (unpaired) electrons. The molecule has 0 bridgehead atoms. The number of rotatable bonds is 8. The first kappa shape index (κ1) is 18.1. The monoisotopic (exact) mass is 328 g/mol. The summed E-state index contributed by atoms with van der Waals surface area (Å²) in [5, 5.41) is 6.14. The van der Waals surface area contributed by atoms with Gasteiger partial charge in [0.15, 0.2) is 0 Å². The van der Waals surface area contributed by atoms with Gasteiger partial charge < -0.3 is 10.6 Å². The van der Waals surface area contributed by atoms with Gasteiger partial charge in [-0.15, -0.1) is 0 Å². The van der Waals surface area contributed by atoms with Crippen LogP contribution in [0.3, 0.4) is 0 Å². The van der Waals surface area contributed by atoms with Crippen molar-refractivity contribution in [2.75, 3.05) is 18.4 Å². The number of nitrogens with one attached hydrogen (secondary N) is 2. The summed E-state index contributed by atoms with van der Waals surface area (Å²) in [6.45, 7) is 5.68. The van der Waals surface area contributed by atoms with Gasteiger partial charge in [-0.3, -0.25) is 4.79 Å². The lowest BCUT2D eigenvalue weighted by Gasteiger charge is -2.09. The molecule has 4 heteroatoms. The molecule has 128 valence electrons. The average molecular weight is 328 g/mol. The van der Waals surface area contributed by atoms with E-state index in [2.05, 4.69) is 24.5 Å². The summed E-state index contributed by atoms with van der Waals surface area (Å²) in [6, 6.07) is 14.5. The third-order valence-corrected chi connectivity index (χ3v) is 3.89. The summed E-state index contributed by atoms with van der Waals surface area (Å²) >= 11 is 0. The van der Waals surface area contributed by atoms with E-state index >= 15 is 0 Å². The molecule has 0 aromatic heterocycles. The molecule has 0 atom stereocenters. The number of hydrogen-bond acceptors (Lipinski definition) is 2. The van der Waals surface area contributed by atoms with E-state index in [1.54, 1.807) is 12.1 Å². The minimum atomic E-state index is -0.218. The number of halogens is 1. The molecular weight excluding hydrogens is 303 g/mol. The Labute approximate surface area is 143 Å². The highest BCUT2D eigenvalue weighted by molar-refractivity contribution is 5.90. The lowest BCUT2D eigenvalue weighted by molar-refractivity contribution is -0.116. The largest absolute Gasteiger partial charge is 0.326 e. The molecule has 0 unspecified atom stereocenters. The number of carbonyl (C=O) groups is 1. The molecule has 2 aromatic rings. The molecule has 0 fully saturated rings. The summed E-state index contributed by atoms with van der Waals surface area (Å²) in [5.74, 6) is 0.270. The van der Waals surface area contributed by atoms with E-state index in [-0.39, 0.29) is 11.7 Å². The topological polar surface area (TPSA) is 41.1 Å². The van der Waals surface area contributed by atoms with Crippen LogP contribution in [0.5, 0.6) is 0 Å². The van der Waals surface area contributed by atoms with E-state index in [0.717, 1.165) is 24.2 Å². The van der Waals surface area contributed by atoms with Crippen LogP contribution in [-0.4, -0.2) is 19.0 Å². The van der Waals surface area contributed by atoms with Crippen LogP contribution in [0, 0.1) is 5.82 Å². The van der Waals surface area contributed by atoms with Crippen molar-refractivity contribution in [3.8, 4) is 0 Å². The number of hydrogen-bond donors (Lipinski definition) is 2. The van der Waals surface area contributed by atoms with Gasteiger partial charge in [0.1, 0.15) is 5.82 Å². The van der Waals surface area contributed by atoms with E-state index in [9.17, 15) is 9.18 Å². The van der Waals surface area contributed by atoms with Crippen molar-refractivity contribution in [2.45, 2.75) is 32.6 Å². The molecule has 0 aliphatic rings. The predicted molar refractivity (Wildman–Crippen MR) is 96.8 cm³/mol. The maximum atomic E-state index is 12.8. The highest BCUT2D eigenvalue weighted by atomic mass is 19.1. The Kier molecular flexibility index (Phi) is 6.94. The molecule has 24 heavy (non-hydrogen) atoms. The zero-order valence-electron chi connectivity index (χ0n) is 14.3. The Morgan fingerprint density at radius 2 is 1.67 bits per heavy atom. The molecule has 0 saturated carbocycles. The first-order chi connectivity index (χ1) is 11.5. The number of carbonyl (C=O) groups excluding carboxylic acids is 1. The Balaban J connectivity index is 1.63. The maximum absolute atomic E-state index is 12.8. The van der Waals surface area contributed by atoms with Crippen molar-refractivity contribution in [3.63, 3.8) is 0 Å². The maximum Gasteiger partial charge on any atom is 0.225 e. The van der Waals surface area contributed by atoms with Crippen LogP contribution >= 0.6 is 0 Å². The van der Waals surface area contributed by atoms with Crippen LogP contribution in [0.4, 0.5) is 10.1 Å². The molecule has 0 aliphatic carbocycles. The molecule has 3 nitrogen and oxygen atoms in total. The number of benzene rings is 2. The van der Waals surface area contributed by atoms with Gasteiger partial charge in [0.2, 0.25) is 5.91 Å². The first-order valence-corrected chi connectivity index (χ1v) is 8.39. The van der Waals surface area contributed by atoms with Crippen molar-refractivity contribution in [1.82, 2.24) is 5.32 Å². The molecule has 0 heterocycles. The van der Waals surface area contributed by atoms with Crippen LogP contribution < -0.4 is 10.6 Å². The molecule has 2 aromatic carbocycles. The molecule has 0 spiro atoms. The van der Waals surface area contributed by atoms with E-state index in [1.165, 1.54) is 17.7 Å². The summed E-state index contributed by atoms with van der Waals surface area (Å²) in [7, 11) is 0. The van der Waals surface area contributed by atoms with E-state index in [4.69, 9.17) is 0 Å². The third-order valence-electron chi connectivity index (χ3n) is 3.89. The second-order valence-electron chi connectivity index (χ2n) is 6.20.